The minimum atomic E-state index is -0.615. The van der Waals surface area contributed by atoms with Crippen LogP contribution in [0.3, 0.4) is 0 Å². The Morgan fingerprint density at radius 1 is 0.938 bits per heavy atom. The van der Waals surface area contributed by atoms with Crippen molar-refractivity contribution >= 4 is 5.78 Å². The van der Waals surface area contributed by atoms with Crippen molar-refractivity contribution in [1.82, 2.24) is 9.97 Å². The van der Waals surface area contributed by atoms with E-state index in [1.807, 2.05) is 0 Å². The fourth-order valence-corrected chi connectivity index (χ4v) is 1.26. The van der Waals surface area contributed by atoms with Gasteiger partial charge in [0.15, 0.2) is 11.4 Å². The maximum absolute atomic E-state index is 11.8. The van der Waals surface area contributed by atoms with Crippen molar-refractivity contribution in [3.05, 3.63) is 48.0 Å². The molecule has 2 aromatic heterocycles. The summed E-state index contributed by atoms with van der Waals surface area (Å²) >= 11 is 0. The van der Waals surface area contributed by atoms with Gasteiger partial charge in [0.25, 0.3) is 0 Å². The van der Waals surface area contributed by atoms with E-state index in [2.05, 4.69) is 9.97 Å². The molecule has 16 heavy (non-hydrogen) atoms. The smallest absolute Gasteiger partial charge is 0.237 e. The summed E-state index contributed by atoms with van der Waals surface area (Å²) in [5, 5.41) is 18.9. The Hall–Kier alpha value is -2.43. The molecule has 0 saturated carbocycles. The molecule has 0 spiro atoms. The molecule has 2 heterocycles. The summed E-state index contributed by atoms with van der Waals surface area (Å²) in [7, 11) is 0. The second kappa shape index (κ2) is 3.98. The monoisotopic (exact) mass is 216 g/mol. The first-order valence-electron chi connectivity index (χ1n) is 4.53. The maximum atomic E-state index is 11.8. The molecule has 0 amide bonds. The molecule has 0 atom stereocenters. The van der Waals surface area contributed by atoms with Gasteiger partial charge in [0, 0.05) is 12.4 Å². The van der Waals surface area contributed by atoms with Crippen LogP contribution in [0, 0.1) is 0 Å². The Morgan fingerprint density at radius 2 is 1.38 bits per heavy atom. The second-order valence-corrected chi connectivity index (χ2v) is 3.07. The zero-order valence-electron chi connectivity index (χ0n) is 8.16. The van der Waals surface area contributed by atoms with Gasteiger partial charge < -0.3 is 10.2 Å². The fourth-order valence-electron chi connectivity index (χ4n) is 1.26. The van der Waals surface area contributed by atoms with Crippen molar-refractivity contribution < 1.29 is 15.0 Å². The van der Waals surface area contributed by atoms with E-state index in [0.717, 1.165) is 0 Å². The molecule has 0 unspecified atom stereocenters. The van der Waals surface area contributed by atoms with Crippen molar-refractivity contribution in [3.8, 4) is 11.5 Å². The summed E-state index contributed by atoms with van der Waals surface area (Å²) < 4.78 is 0. The number of aromatic nitrogens is 2. The highest BCUT2D eigenvalue weighted by Gasteiger charge is 2.18. The standard InChI is InChI=1S/C11H8N2O3/c14-7-3-1-5-12-9(7)11(16)10-8(15)4-2-6-13-10/h1-6,14-15H. The second-order valence-electron chi connectivity index (χ2n) is 3.07. The number of ketones is 1. The molecule has 5 heteroatoms. The molecular weight excluding hydrogens is 208 g/mol. The highest BCUT2D eigenvalue weighted by atomic mass is 16.3. The van der Waals surface area contributed by atoms with Crippen LogP contribution in [0.2, 0.25) is 0 Å². The van der Waals surface area contributed by atoms with Crippen LogP contribution in [-0.4, -0.2) is 26.0 Å². The molecule has 0 aliphatic heterocycles. The topological polar surface area (TPSA) is 83.3 Å². The van der Waals surface area contributed by atoms with E-state index >= 15 is 0 Å². The molecule has 0 saturated heterocycles. The van der Waals surface area contributed by atoms with E-state index in [9.17, 15) is 15.0 Å². The minimum absolute atomic E-state index is 0.128. The predicted octanol–water partition coefficient (Wildman–Crippen LogP) is 1.12. The van der Waals surface area contributed by atoms with Crippen LogP contribution >= 0.6 is 0 Å². The Balaban J connectivity index is 2.48. The molecule has 0 aliphatic carbocycles. The maximum Gasteiger partial charge on any atom is 0.237 e. The van der Waals surface area contributed by atoms with Gasteiger partial charge >= 0.3 is 0 Å². The zero-order valence-corrected chi connectivity index (χ0v) is 8.16. The SMILES string of the molecule is O=C(c1ncccc1O)c1ncccc1O. The van der Waals surface area contributed by atoms with Crippen molar-refractivity contribution in [2.45, 2.75) is 0 Å². The van der Waals surface area contributed by atoms with Crippen molar-refractivity contribution in [2.75, 3.05) is 0 Å². The summed E-state index contributed by atoms with van der Waals surface area (Å²) in [6.45, 7) is 0. The van der Waals surface area contributed by atoms with Crippen molar-refractivity contribution in [3.63, 3.8) is 0 Å². The normalized spacial score (nSPS) is 10.0. The van der Waals surface area contributed by atoms with Gasteiger partial charge in [-0.15, -0.1) is 0 Å². The first-order chi connectivity index (χ1) is 7.70. The van der Waals surface area contributed by atoms with Gasteiger partial charge in [0.1, 0.15) is 11.5 Å². The largest absolute Gasteiger partial charge is 0.506 e. The van der Waals surface area contributed by atoms with Crippen LogP contribution in [0.5, 0.6) is 11.5 Å². The Bertz CT molecular complexity index is 493. The van der Waals surface area contributed by atoms with Gasteiger partial charge in [0.2, 0.25) is 5.78 Å². The van der Waals surface area contributed by atoms with Gasteiger partial charge in [0.05, 0.1) is 0 Å². The van der Waals surface area contributed by atoms with Gasteiger partial charge in [-0.05, 0) is 24.3 Å². The first kappa shape index (κ1) is 10.1. The summed E-state index contributed by atoms with van der Waals surface area (Å²) in [5.74, 6) is -1.09. The zero-order chi connectivity index (χ0) is 11.5. The number of carbonyl (C=O) groups is 1. The third kappa shape index (κ3) is 1.70. The molecule has 2 rings (SSSR count). The van der Waals surface area contributed by atoms with Gasteiger partial charge in [-0.3, -0.25) is 4.79 Å². The number of carbonyl (C=O) groups excluding carboxylic acids is 1. The number of hydrogen-bond acceptors (Lipinski definition) is 5. The summed E-state index contributed by atoms with van der Waals surface area (Å²) in [4.78, 5) is 19.3. The van der Waals surface area contributed by atoms with E-state index in [4.69, 9.17) is 0 Å². The van der Waals surface area contributed by atoms with Gasteiger partial charge in [-0.2, -0.15) is 0 Å². The molecule has 0 radical (unpaired) electrons. The molecule has 2 N–H and O–H groups in total. The number of pyridine rings is 2. The summed E-state index contributed by atoms with van der Waals surface area (Å²) in [5.41, 5.74) is -0.256. The quantitative estimate of drug-likeness (QED) is 0.735. The summed E-state index contributed by atoms with van der Waals surface area (Å²) in [6, 6.07) is 5.70. The lowest BCUT2D eigenvalue weighted by Gasteiger charge is -2.02. The lowest BCUT2D eigenvalue weighted by Crippen LogP contribution is -2.06. The number of aromatic hydroxyl groups is 2. The molecule has 5 nitrogen and oxygen atoms in total. The average molecular weight is 216 g/mol. The van der Waals surface area contributed by atoms with Crippen LogP contribution < -0.4 is 0 Å². The van der Waals surface area contributed by atoms with Crippen LogP contribution in [0.1, 0.15) is 16.2 Å². The van der Waals surface area contributed by atoms with E-state index in [0.29, 0.717) is 0 Å². The third-order valence-electron chi connectivity index (χ3n) is 2.00. The predicted molar refractivity (Wildman–Crippen MR) is 55.2 cm³/mol. The lowest BCUT2D eigenvalue weighted by molar-refractivity contribution is 0.102. The molecular formula is C11H8N2O3. The fraction of sp³-hybridized carbons (Fsp3) is 0. The van der Waals surface area contributed by atoms with Crippen LogP contribution in [0.15, 0.2) is 36.7 Å². The highest BCUT2D eigenvalue weighted by molar-refractivity contribution is 6.09. The molecule has 0 aromatic carbocycles. The Labute approximate surface area is 91.0 Å². The van der Waals surface area contributed by atoms with Crippen LogP contribution in [-0.2, 0) is 0 Å². The van der Waals surface area contributed by atoms with Crippen LogP contribution in [0.25, 0.3) is 0 Å². The first-order valence-corrected chi connectivity index (χ1v) is 4.53. The number of nitrogens with zero attached hydrogens (tertiary/aromatic N) is 2. The van der Waals surface area contributed by atoms with Crippen LogP contribution in [0.4, 0.5) is 0 Å². The molecule has 2 aromatic rings. The minimum Gasteiger partial charge on any atom is -0.506 e. The van der Waals surface area contributed by atoms with Gasteiger partial charge in [-0.1, -0.05) is 0 Å². The number of rotatable bonds is 2. The lowest BCUT2D eigenvalue weighted by atomic mass is 10.1. The summed E-state index contributed by atoms with van der Waals surface area (Å²) in [6.07, 6.45) is 2.76. The van der Waals surface area contributed by atoms with Gasteiger partial charge in [-0.25, -0.2) is 9.97 Å². The molecule has 0 fully saturated rings. The van der Waals surface area contributed by atoms with E-state index in [-0.39, 0.29) is 22.9 Å². The third-order valence-corrected chi connectivity index (χ3v) is 2.00. The Kier molecular flexibility index (Phi) is 2.51. The van der Waals surface area contributed by atoms with E-state index < -0.39 is 5.78 Å². The molecule has 80 valence electrons. The molecule has 0 aliphatic rings. The Morgan fingerprint density at radius 3 is 1.75 bits per heavy atom. The van der Waals surface area contributed by atoms with E-state index in [1.54, 1.807) is 0 Å². The number of hydrogen-bond donors (Lipinski definition) is 2. The average Bonchev–Trinajstić information content (AvgIpc) is 2.29. The van der Waals surface area contributed by atoms with E-state index in [1.165, 1.54) is 36.7 Å². The molecule has 0 bridgehead atoms. The van der Waals surface area contributed by atoms with Crippen molar-refractivity contribution in [2.24, 2.45) is 0 Å². The highest BCUT2D eigenvalue weighted by Crippen LogP contribution is 2.21. The van der Waals surface area contributed by atoms with Crippen molar-refractivity contribution in [1.29, 1.82) is 0 Å².